The second-order valence-electron chi connectivity index (χ2n) is 6.28. The molecule has 1 aromatic rings. The van der Waals surface area contributed by atoms with Crippen LogP contribution in [0.2, 0.25) is 0 Å². The van der Waals surface area contributed by atoms with Gasteiger partial charge in [0.25, 0.3) is 5.91 Å². The number of piperidine rings is 1. The topological polar surface area (TPSA) is 61.9 Å². The number of rotatable bonds is 4. The van der Waals surface area contributed by atoms with Crippen molar-refractivity contribution in [3.05, 3.63) is 29.8 Å². The third-order valence-corrected chi connectivity index (χ3v) is 4.58. The average Bonchev–Trinajstić information content (AvgIpc) is 2.67. The molecular formula is C18H25N3O3. The van der Waals surface area contributed by atoms with E-state index in [0.717, 1.165) is 31.6 Å². The summed E-state index contributed by atoms with van der Waals surface area (Å²) in [5.41, 5.74) is 1.53. The molecule has 0 bridgehead atoms. The Labute approximate surface area is 142 Å². The molecule has 6 heteroatoms. The van der Waals surface area contributed by atoms with Gasteiger partial charge in [-0.3, -0.25) is 9.59 Å². The monoisotopic (exact) mass is 331 g/mol. The van der Waals surface area contributed by atoms with Crippen LogP contribution >= 0.6 is 0 Å². The summed E-state index contributed by atoms with van der Waals surface area (Å²) >= 11 is 0. The van der Waals surface area contributed by atoms with Gasteiger partial charge in [0.1, 0.15) is 0 Å². The van der Waals surface area contributed by atoms with Crippen molar-refractivity contribution in [2.45, 2.75) is 19.3 Å². The number of nitrogens with one attached hydrogen (secondary N) is 1. The standard InChI is InChI=1S/C18H25N3O3/c22-17(20-8-2-1-3-9-20)14-19-16-6-4-15(5-7-16)18(23)21-10-12-24-13-11-21/h4-7,19H,1-3,8-14H2. The summed E-state index contributed by atoms with van der Waals surface area (Å²) in [6.07, 6.45) is 3.42. The summed E-state index contributed by atoms with van der Waals surface area (Å²) in [7, 11) is 0. The van der Waals surface area contributed by atoms with Gasteiger partial charge >= 0.3 is 0 Å². The number of likely N-dealkylation sites (tertiary alicyclic amines) is 1. The number of ether oxygens (including phenoxy) is 1. The first-order valence-electron chi connectivity index (χ1n) is 8.73. The fourth-order valence-electron chi connectivity index (χ4n) is 3.11. The van der Waals surface area contributed by atoms with Crippen molar-refractivity contribution >= 4 is 17.5 Å². The van der Waals surface area contributed by atoms with Crippen molar-refractivity contribution in [1.82, 2.24) is 9.80 Å². The third-order valence-electron chi connectivity index (χ3n) is 4.58. The van der Waals surface area contributed by atoms with Gasteiger partial charge in [0.2, 0.25) is 5.91 Å². The first kappa shape index (κ1) is 16.8. The fourth-order valence-corrected chi connectivity index (χ4v) is 3.11. The highest BCUT2D eigenvalue weighted by molar-refractivity contribution is 5.94. The number of hydrogen-bond donors (Lipinski definition) is 1. The number of carbonyl (C=O) groups is 2. The molecule has 6 nitrogen and oxygen atoms in total. The Hall–Kier alpha value is -2.08. The molecule has 0 radical (unpaired) electrons. The van der Waals surface area contributed by atoms with E-state index in [9.17, 15) is 9.59 Å². The number of benzene rings is 1. The van der Waals surface area contributed by atoms with Crippen LogP contribution in [0.5, 0.6) is 0 Å². The van der Waals surface area contributed by atoms with E-state index in [2.05, 4.69) is 5.32 Å². The maximum Gasteiger partial charge on any atom is 0.254 e. The van der Waals surface area contributed by atoms with E-state index in [1.807, 2.05) is 34.1 Å². The molecule has 0 unspecified atom stereocenters. The SMILES string of the molecule is O=C(CNc1ccc(C(=O)N2CCOCC2)cc1)N1CCCCC1. The van der Waals surface area contributed by atoms with Gasteiger partial charge in [-0.25, -0.2) is 0 Å². The van der Waals surface area contributed by atoms with E-state index in [1.54, 1.807) is 0 Å². The molecule has 0 saturated carbocycles. The third kappa shape index (κ3) is 4.26. The van der Waals surface area contributed by atoms with Gasteiger partial charge in [-0.2, -0.15) is 0 Å². The molecule has 130 valence electrons. The van der Waals surface area contributed by atoms with Crippen LogP contribution in [0.25, 0.3) is 0 Å². The van der Waals surface area contributed by atoms with Gasteiger partial charge in [0.05, 0.1) is 19.8 Å². The van der Waals surface area contributed by atoms with E-state index in [0.29, 0.717) is 38.4 Å². The summed E-state index contributed by atoms with van der Waals surface area (Å²) in [5, 5.41) is 3.15. The highest BCUT2D eigenvalue weighted by atomic mass is 16.5. The molecule has 2 saturated heterocycles. The molecule has 1 N–H and O–H groups in total. The highest BCUT2D eigenvalue weighted by Gasteiger charge is 2.19. The zero-order valence-corrected chi connectivity index (χ0v) is 14.0. The van der Waals surface area contributed by atoms with E-state index in [4.69, 9.17) is 4.74 Å². The fraction of sp³-hybridized carbons (Fsp3) is 0.556. The zero-order valence-electron chi connectivity index (χ0n) is 14.0. The number of nitrogens with zero attached hydrogens (tertiary/aromatic N) is 2. The first-order chi connectivity index (χ1) is 11.7. The normalized spacial score (nSPS) is 18.3. The Balaban J connectivity index is 1.50. The minimum atomic E-state index is 0.0363. The molecule has 0 aromatic heterocycles. The number of amides is 2. The Morgan fingerprint density at radius 1 is 0.917 bits per heavy atom. The van der Waals surface area contributed by atoms with E-state index < -0.39 is 0 Å². The molecule has 24 heavy (non-hydrogen) atoms. The van der Waals surface area contributed by atoms with Gasteiger partial charge in [-0.15, -0.1) is 0 Å². The average molecular weight is 331 g/mol. The lowest BCUT2D eigenvalue weighted by Crippen LogP contribution is -2.40. The van der Waals surface area contributed by atoms with E-state index in [-0.39, 0.29) is 11.8 Å². The van der Waals surface area contributed by atoms with Crippen molar-refractivity contribution < 1.29 is 14.3 Å². The Morgan fingerprint density at radius 3 is 2.25 bits per heavy atom. The molecule has 2 aliphatic rings. The molecular weight excluding hydrogens is 306 g/mol. The maximum absolute atomic E-state index is 12.4. The van der Waals surface area contributed by atoms with Crippen molar-refractivity contribution in [3.8, 4) is 0 Å². The van der Waals surface area contributed by atoms with Crippen molar-refractivity contribution in [1.29, 1.82) is 0 Å². The Kier molecular flexibility index (Phi) is 5.69. The molecule has 0 spiro atoms. The number of carbonyl (C=O) groups excluding carboxylic acids is 2. The molecule has 0 atom stereocenters. The molecule has 0 aliphatic carbocycles. The minimum Gasteiger partial charge on any atom is -0.378 e. The van der Waals surface area contributed by atoms with Gasteiger partial charge in [0.15, 0.2) is 0 Å². The highest BCUT2D eigenvalue weighted by Crippen LogP contribution is 2.13. The summed E-state index contributed by atoms with van der Waals surface area (Å²) in [5.74, 6) is 0.178. The molecule has 2 amide bonds. The zero-order chi connectivity index (χ0) is 16.8. The predicted molar refractivity (Wildman–Crippen MR) is 92.1 cm³/mol. The van der Waals surface area contributed by atoms with Crippen molar-refractivity contribution in [2.24, 2.45) is 0 Å². The second kappa shape index (κ2) is 8.15. The van der Waals surface area contributed by atoms with Crippen molar-refractivity contribution in [2.75, 3.05) is 51.3 Å². The quantitative estimate of drug-likeness (QED) is 0.910. The molecule has 2 aliphatic heterocycles. The largest absolute Gasteiger partial charge is 0.378 e. The van der Waals surface area contributed by atoms with Crippen LogP contribution in [0.3, 0.4) is 0 Å². The Bertz CT molecular complexity index is 561. The lowest BCUT2D eigenvalue weighted by molar-refractivity contribution is -0.130. The summed E-state index contributed by atoms with van der Waals surface area (Å²) in [6.45, 7) is 4.53. The Morgan fingerprint density at radius 2 is 1.58 bits per heavy atom. The molecule has 3 rings (SSSR count). The molecule has 2 heterocycles. The van der Waals surface area contributed by atoms with Crippen molar-refractivity contribution in [3.63, 3.8) is 0 Å². The van der Waals surface area contributed by atoms with Crippen LogP contribution in [0.1, 0.15) is 29.6 Å². The van der Waals surface area contributed by atoms with Gasteiger partial charge in [0, 0.05) is 37.4 Å². The van der Waals surface area contributed by atoms with Gasteiger partial charge in [-0.05, 0) is 43.5 Å². The van der Waals surface area contributed by atoms with Crippen LogP contribution in [0.15, 0.2) is 24.3 Å². The lowest BCUT2D eigenvalue weighted by atomic mass is 10.1. The minimum absolute atomic E-state index is 0.0363. The summed E-state index contributed by atoms with van der Waals surface area (Å²) < 4.78 is 5.27. The number of morpholine rings is 1. The lowest BCUT2D eigenvalue weighted by Gasteiger charge is -2.27. The van der Waals surface area contributed by atoms with Crippen LogP contribution in [-0.4, -0.2) is 67.6 Å². The number of anilines is 1. The van der Waals surface area contributed by atoms with Gasteiger partial charge in [-0.1, -0.05) is 0 Å². The van der Waals surface area contributed by atoms with Crippen LogP contribution in [0.4, 0.5) is 5.69 Å². The van der Waals surface area contributed by atoms with Crippen LogP contribution < -0.4 is 5.32 Å². The van der Waals surface area contributed by atoms with Crippen LogP contribution in [0, 0.1) is 0 Å². The smallest absolute Gasteiger partial charge is 0.254 e. The predicted octanol–water partition coefficient (Wildman–Crippen LogP) is 1.58. The second-order valence-corrected chi connectivity index (χ2v) is 6.28. The summed E-state index contributed by atoms with van der Waals surface area (Å²) in [6, 6.07) is 7.34. The van der Waals surface area contributed by atoms with E-state index >= 15 is 0 Å². The number of hydrogen-bond acceptors (Lipinski definition) is 4. The van der Waals surface area contributed by atoms with E-state index in [1.165, 1.54) is 6.42 Å². The van der Waals surface area contributed by atoms with Gasteiger partial charge < -0.3 is 19.9 Å². The maximum atomic E-state index is 12.4. The molecule has 2 fully saturated rings. The first-order valence-corrected chi connectivity index (χ1v) is 8.73. The van der Waals surface area contributed by atoms with Crippen LogP contribution in [-0.2, 0) is 9.53 Å². The summed E-state index contributed by atoms with van der Waals surface area (Å²) in [4.78, 5) is 28.3. The molecule has 1 aromatic carbocycles.